The lowest BCUT2D eigenvalue weighted by Gasteiger charge is -2.50. The molecule has 0 bridgehead atoms. The molecule has 3 nitrogen and oxygen atoms in total. The number of nitrogens with zero attached hydrogens (tertiary/aromatic N) is 2. The lowest BCUT2D eigenvalue weighted by molar-refractivity contribution is -0.131. The molecule has 0 saturated carbocycles. The van der Waals surface area contributed by atoms with E-state index in [1.807, 2.05) is 4.90 Å². The van der Waals surface area contributed by atoms with Crippen LogP contribution in [0.2, 0.25) is 0 Å². The van der Waals surface area contributed by atoms with E-state index in [0.717, 1.165) is 39.0 Å². The van der Waals surface area contributed by atoms with Crippen molar-refractivity contribution in [2.75, 3.05) is 26.2 Å². The normalized spacial score (nSPS) is 21.4. The van der Waals surface area contributed by atoms with Crippen LogP contribution < -0.4 is 0 Å². The van der Waals surface area contributed by atoms with E-state index in [1.54, 1.807) is 6.92 Å². The van der Waals surface area contributed by atoms with Gasteiger partial charge in [-0.3, -0.25) is 9.69 Å². The van der Waals surface area contributed by atoms with Crippen LogP contribution in [0.4, 0.5) is 0 Å². The Hall–Kier alpha value is -2.13. The summed E-state index contributed by atoms with van der Waals surface area (Å²) < 4.78 is 0. The van der Waals surface area contributed by atoms with Gasteiger partial charge in [-0.1, -0.05) is 60.2 Å². The first-order valence-electron chi connectivity index (χ1n) is 11.6. The zero-order valence-corrected chi connectivity index (χ0v) is 18.8. The maximum Gasteiger partial charge on any atom is 0.219 e. The third-order valence-electron chi connectivity index (χ3n) is 7.66. The second-order valence-electron chi connectivity index (χ2n) is 9.63. The molecule has 0 aliphatic carbocycles. The van der Waals surface area contributed by atoms with E-state index in [-0.39, 0.29) is 11.4 Å². The fourth-order valence-electron chi connectivity index (χ4n) is 5.56. The van der Waals surface area contributed by atoms with Gasteiger partial charge in [-0.2, -0.15) is 0 Å². The summed E-state index contributed by atoms with van der Waals surface area (Å²) in [6, 6.07) is 20.2. The van der Waals surface area contributed by atoms with E-state index in [4.69, 9.17) is 0 Å². The molecule has 1 unspecified atom stereocenters. The van der Waals surface area contributed by atoms with E-state index in [9.17, 15) is 4.79 Å². The highest BCUT2D eigenvalue weighted by atomic mass is 16.2. The highest BCUT2D eigenvalue weighted by Crippen LogP contribution is 2.40. The molecule has 2 aromatic carbocycles. The molecule has 1 atom stereocenters. The van der Waals surface area contributed by atoms with Crippen molar-refractivity contribution in [3.05, 3.63) is 71.3 Å². The van der Waals surface area contributed by atoms with E-state index < -0.39 is 0 Å². The second kappa shape index (κ2) is 8.93. The Morgan fingerprint density at radius 1 is 0.900 bits per heavy atom. The number of amides is 1. The van der Waals surface area contributed by atoms with Gasteiger partial charge in [0, 0.05) is 31.5 Å². The van der Waals surface area contributed by atoms with Gasteiger partial charge in [-0.25, -0.2) is 0 Å². The average molecular weight is 405 g/mol. The monoisotopic (exact) mass is 404 g/mol. The first-order valence-corrected chi connectivity index (χ1v) is 11.6. The molecule has 2 fully saturated rings. The number of carbonyl (C=O) groups is 1. The molecule has 1 amide bonds. The fraction of sp³-hybridized carbons (Fsp3) is 0.519. The Balaban J connectivity index is 1.47. The lowest BCUT2D eigenvalue weighted by Crippen LogP contribution is -2.56. The summed E-state index contributed by atoms with van der Waals surface area (Å²) in [6.45, 7) is 10.4. The van der Waals surface area contributed by atoms with Crippen molar-refractivity contribution in [2.24, 2.45) is 5.92 Å². The topological polar surface area (TPSA) is 23.6 Å². The van der Waals surface area contributed by atoms with Gasteiger partial charge in [0.25, 0.3) is 0 Å². The number of aryl methyl sites for hydroxylation is 1. The molecule has 0 aromatic heterocycles. The molecule has 2 aliphatic heterocycles. The van der Waals surface area contributed by atoms with Crippen molar-refractivity contribution in [2.45, 2.75) is 57.9 Å². The number of likely N-dealkylation sites (tertiary alicyclic amines) is 2. The van der Waals surface area contributed by atoms with Crippen molar-refractivity contribution in [1.29, 1.82) is 0 Å². The number of hydrogen-bond donors (Lipinski definition) is 0. The van der Waals surface area contributed by atoms with Gasteiger partial charge in [0.2, 0.25) is 5.91 Å². The van der Waals surface area contributed by atoms with Crippen LogP contribution in [0.15, 0.2) is 54.6 Å². The number of rotatable bonds is 4. The molecule has 160 valence electrons. The molecule has 0 N–H and O–H groups in total. The molecule has 3 heteroatoms. The smallest absolute Gasteiger partial charge is 0.219 e. The average Bonchev–Trinajstić information content (AvgIpc) is 2.77. The lowest BCUT2D eigenvalue weighted by atomic mass is 9.75. The van der Waals surface area contributed by atoms with Gasteiger partial charge < -0.3 is 4.90 Å². The fourth-order valence-corrected chi connectivity index (χ4v) is 5.56. The van der Waals surface area contributed by atoms with Crippen molar-refractivity contribution < 1.29 is 4.79 Å². The van der Waals surface area contributed by atoms with Crippen LogP contribution in [0.1, 0.15) is 62.1 Å². The predicted octanol–water partition coefficient (Wildman–Crippen LogP) is 5.24. The summed E-state index contributed by atoms with van der Waals surface area (Å²) in [5, 5.41) is 0. The Bertz CT molecular complexity index is 829. The quantitative estimate of drug-likeness (QED) is 0.696. The Morgan fingerprint density at radius 2 is 1.47 bits per heavy atom. The van der Waals surface area contributed by atoms with E-state index in [2.05, 4.69) is 73.3 Å². The minimum Gasteiger partial charge on any atom is -0.343 e. The van der Waals surface area contributed by atoms with Gasteiger partial charge >= 0.3 is 0 Å². The third kappa shape index (κ3) is 4.46. The van der Waals surface area contributed by atoms with E-state index >= 15 is 0 Å². The number of carbonyl (C=O) groups excluding carboxylic acids is 1. The van der Waals surface area contributed by atoms with Gasteiger partial charge in [0.05, 0.1) is 0 Å². The summed E-state index contributed by atoms with van der Waals surface area (Å²) in [5.74, 6) is 1.37. The Morgan fingerprint density at radius 3 is 2.03 bits per heavy atom. The summed E-state index contributed by atoms with van der Waals surface area (Å²) in [4.78, 5) is 16.4. The standard InChI is InChI=1S/C27H36N2O/c1-21-9-11-24(12-10-21)26(23-7-5-4-6-8-23)25-13-17-29(18-14-25)27(3)15-19-28(20-16-27)22(2)30/h4-12,25-26H,13-20H2,1-3H3. The van der Waals surface area contributed by atoms with Crippen LogP contribution in [0.3, 0.4) is 0 Å². The molecular formula is C27H36N2O. The summed E-state index contributed by atoms with van der Waals surface area (Å²) in [7, 11) is 0. The second-order valence-corrected chi connectivity index (χ2v) is 9.63. The minimum atomic E-state index is 0.222. The van der Waals surface area contributed by atoms with Gasteiger partial charge in [0.1, 0.15) is 0 Å². The number of benzene rings is 2. The summed E-state index contributed by atoms with van der Waals surface area (Å²) in [5.41, 5.74) is 4.46. The van der Waals surface area contributed by atoms with Crippen LogP contribution in [0.25, 0.3) is 0 Å². The molecule has 2 aromatic rings. The van der Waals surface area contributed by atoms with Crippen LogP contribution in [0, 0.1) is 12.8 Å². The SMILES string of the molecule is CC(=O)N1CCC(C)(N2CCC(C(c3ccccc3)c3ccc(C)cc3)CC2)CC1. The molecule has 0 spiro atoms. The molecule has 2 heterocycles. The summed E-state index contributed by atoms with van der Waals surface area (Å²) >= 11 is 0. The number of hydrogen-bond acceptors (Lipinski definition) is 2. The third-order valence-corrected chi connectivity index (χ3v) is 7.66. The maximum atomic E-state index is 11.7. The van der Waals surface area contributed by atoms with Crippen molar-refractivity contribution in [3.8, 4) is 0 Å². The van der Waals surface area contributed by atoms with Crippen LogP contribution in [0.5, 0.6) is 0 Å². The minimum absolute atomic E-state index is 0.222. The maximum absolute atomic E-state index is 11.7. The van der Waals surface area contributed by atoms with E-state index in [0.29, 0.717) is 11.8 Å². The van der Waals surface area contributed by atoms with Crippen LogP contribution in [-0.2, 0) is 4.79 Å². The molecule has 30 heavy (non-hydrogen) atoms. The molecule has 0 radical (unpaired) electrons. The molecule has 4 rings (SSSR count). The van der Waals surface area contributed by atoms with Crippen molar-refractivity contribution >= 4 is 5.91 Å². The molecular weight excluding hydrogens is 368 g/mol. The van der Waals surface area contributed by atoms with E-state index in [1.165, 1.54) is 29.5 Å². The molecule has 2 aliphatic rings. The zero-order chi connectivity index (χ0) is 21.1. The highest BCUT2D eigenvalue weighted by Gasteiger charge is 2.39. The van der Waals surface area contributed by atoms with Gasteiger partial charge in [-0.05, 0) is 69.7 Å². The largest absolute Gasteiger partial charge is 0.343 e. The Labute approximate surface area is 182 Å². The number of piperidine rings is 2. The first-order chi connectivity index (χ1) is 14.5. The van der Waals surface area contributed by atoms with Crippen LogP contribution >= 0.6 is 0 Å². The summed E-state index contributed by atoms with van der Waals surface area (Å²) in [6.07, 6.45) is 4.66. The van der Waals surface area contributed by atoms with Crippen molar-refractivity contribution in [3.63, 3.8) is 0 Å². The van der Waals surface area contributed by atoms with Gasteiger partial charge in [0.15, 0.2) is 0 Å². The highest BCUT2D eigenvalue weighted by molar-refractivity contribution is 5.73. The van der Waals surface area contributed by atoms with Gasteiger partial charge in [-0.15, -0.1) is 0 Å². The predicted molar refractivity (Wildman–Crippen MR) is 124 cm³/mol. The Kier molecular flexibility index (Phi) is 6.29. The zero-order valence-electron chi connectivity index (χ0n) is 18.8. The van der Waals surface area contributed by atoms with Crippen LogP contribution in [-0.4, -0.2) is 47.4 Å². The molecule has 2 saturated heterocycles. The van der Waals surface area contributed by atoms with Crippen molar-refractivity contribution in [1.82, 2.24) is 9.80 Å². The first kappa shape index (κ1) is 21.1.